The molecule has 2 aliphatic rings. The second-order valence-electron chi connectivity index (χ2n) is 6.17. The Kier molecular flexibility index (Phi) is 3.22. The van der Waals surface area contributed by atoms with Crippen molar-refractivity contribution in [2.45, 2.75) is 25.8 Å². The Morgan fingerprint density at radius 2 is 1.77 bits per heavy atom. The molecule has 0 aromatic carbocycles. The average molecular weight is 317 g/mol. The summed E-state index contributed by atoms with van der Waals surface area (Å²) in [6, 6.07) is 2.69. The molecule has 4 rings (SSSR count). The normalized spacial score (nSPS) is 19.0. The number of carbonyl (C=O) groups is 2. The molecule has 2 aromatic heterocycles. The number of carbonyl (C=O) groups excluding carboxylic acids is 2. The SMILES string of the molecule is CC(=O)N1CCN(C(=O)c2cc3cn(C4CC4)cc3s2)CC1. The highest BCUT2D eigenvalue weighted by Gasteiger charge is 2.26. The molecule has 5 nitrogen and oxygen atoms in total. The van der Waals surface area contributed by atoms with E-state index in [0.717, 1.165) is 4.88 Å². The topological polar surface area (TPSA) is 45.6 Å². The number of thiophene rings is 1. The molecule has 116 valence electrons. The van der Waals surface area contributed by atoms with Crippen molar-refractivity contribution < 1.29 is 9.59 Å². The Morgan fingerprint density at radius 1 is 1.09 bits per heavy atom. The molecular weight excluding hydrogens is 298 g/mol. The van der Waals surface area contributed by atoms with E-state index in [2.05, 4.69) is 17.0 Å². The Morgan fingerprint density at radius 3 is 2.36 bits per heavy atom. The lowest BCUT2D eigenvalue weighted by Gasteiger charge is -2.33. The van der Waals surface area contributed by atoms with Gasteiger partial charge < -0.3 is 14.4 Å². The summed E-state index contributed by atoms with van der Waals surface area (Å²) in [5.74, 6) is 0.189. The molecule has 1 saturated heterocycles. The van der Waals surface area contributed by atoms with Gasteiger partial charge in [-0.2, -0.15) is 0 Å². The van der Waals surface area contributed by atoms with Gasteiger partial charge in [-0.15, -0.1) is 11.3 Å². The number of rotatable bonds is 2. The first-order chi connectivity index (χ1) is 10.6. The first-order valence-corrected chi connectivity index (χ1v) is 8.59. The second kappa shape index (κ2) is 5.12. The largest absolute Gasteiger partial charge is 0.349 e. The highest BCUT2D eigenvalue weighted by molar-refractivity contribution is 7.20. The van der Waals surface area contributed by atoms with Gasteiger partial charge in [0, 0.05) is 56.9 Å². The molecule has 0 atom stereocenters. The Bertz CT molecular complexity index is 704. The maximum atomic E-state index is 12.6. The van der Waals surface area contributed by atoms with E-state index in [1.165, 1.54) is 22.9 Å². The Hall–Kier alpha value is -1.82. The molecule has 6 heteroatoms. The first kappa shape index (κ1) is 13.8. The van der Waals surface area contributed by atoms with E-state index in [4.69, 9.17) is 0 Å². The van der Waals surface area contributed by atoms with Gasteiger partial charge in [-0.05, 0) is 18.9 Å². The zero-order chi connectivity index (χ0) is 15.3. The van der Waals surface area contributed by atoms with E-state index in [1.807, 2.05) is 11.0 Å². The van der Waals surface area contributed by atoms with Gasteiger partial charge in [0.2, 0.25) is 5.91 Å². The molecule has 1 saturated carbocycles. The highest BCUT2D eigenvalue weighted by Crippen LogP contribution is 2.38. The molecule has 0 bridgehead atoms. The number of fused-ring (bicyclic) bond motifs is 1. The molecule has 1 aliphatic heterocycles. The van der Waals surface area contributed by atoms with Gasteiger partial charge in [0.25, 0.3) is 5.91 Å². The lowest BCUT2D eigenvalue weighted by atomic mass is 10.3. The maximum Gasteiger partial charge on any atom is 0.264 e. The summed E-state index contributed by atoms with van der Waals surface area (Å²) in [5.41, 5.74) is 0. The average Bonchev–Trinajstić information content (AvgIpc) is 3.17. The van der Waals surface area contributed by atoms with Crippen molar-refractivity contribution in [1.29, 1.82) is 0 Å². The van der Waals surface area contributed by atoms with Crippen LogP contribution in [0.3, 0.4) is 0 Å². The zero-order valence-electron chi connectivity index (χ0n) is 12.6. The van der Waals surface area contributed by atoms with Crippen LogP contribution in [0.25, 0.3) is 10.1 Å². The van der Waals surface area contributed by atoms with E-state index in [-0.39, 0.29) is 11.8 Å². The predicted octanol–water partition coefficient (Wildman–Crippen LogP) is 2.34. The van der Waals surface area contributed by atoms with Crippen molar-refractivity contribution in [3.05, 3.63) is 23.3 Å². The molecule has 0 spiro atoms. The fourth-order valence-corrected chi connectivity index (χ4v) is 4.07. The van der Waals surface area contributed by atoms with Gasteiger partial charge in [-0.1, -0.05) is 0 Å². The van der Waals surface area contributed by atoms with Crippen LogP contribution in [0.15, 0.2) is 18.5 Å². The second-order valence-corrected chi connectivity index (χ2v) is 7.25. The molecule has 2 aromatic rings. The van der Waals surface area contributed by atoms with Gasteiger partial charge in [-0.25, -0.2) is 0 Å². The molecule has 3 heterocycles. The van der Waals surface area contributed by atoms with E-state index in [1.54, 1.807) is 23.2 Å². The minimum atomic E-state index is 0.0894. The minimum absolute atomic E-state index is 0.0894. The van der Waals surface area contributed by atoms with Crippen LogP contribution in [0, 0.1) is 0 Å². The summed E-state index contributed by atoms with van der Waals surface area (Å²) in [4.78, 5) is 28.4. The van der Waals surface area contributed by atoms with Crippen molar-refractivity contribution in [3.8, 4) is 0 Å². The van der Waals surface area contributed by atoms with Crippen LogP contribution in [0.5, 0.6) is 0 Å². The monoisotopic (exact) mass is 317 g/mol. The molecule has 22 heavy (non-hydrogen) atoms. The van der Waals surface area contributed by atoms with Gasteiger partial charge in [0.05, 0.1) is 9.58 Å². The number of aromatic nitrogens is 1. The quantitative estimate of drug-likeness (QED) is 0.853. The van der Waals surface area contributed by atoms with Crippen molar-refractivity contribution in [2.75, 3.05) is 26.2 Å². The zero-order valence-corrected chi connectivity index (χ0v) is 13.4. The first-order valence-electron chi connectivity index (χ1n) is 7.77. The maximum absolute atomic E-state index is 12.6. The fourth-order valence-electron chi connectivity index (χ4n) is 3.02. The molecule has 0 radical (unpaired) electrons. The summed E-state index contributed by atoms with van der Waals surface area (Å²) in [7, 11) is 0. The molecule has 0 unspecified atom stereocenters. The van der Waals surface area contributed by atoms with Gasteiger partial charge in [0.15, 0.2) is 0 Å². The summed E-state index contributed by atoms with van der Waals surface area (Å²) in [5, 5.41) is 1.17. The number of piperazine rings is 1. The van der Waals surface area contributed by atoms with E-state index < -0.39 is 0 Å². The molecule has 2 fully saturated rings. The lowest BCUT2D eigenvalue weighted by molar-refractivity contribution is -0.130. The number of nitrogens with zero attached hydrogens (tertiary/aromatic N) is 3. The summed E-state index contributed by atoms with van der Waals surface area (Å²) in [6.45, 7) is 4.11. The third kappa shape index (κ3) is 2.41. The van der Waals surface area contributed by atoms with Crippen molar-refractivity contribution in [2.24, 2.45) is 0 Å². The predicted molar refractivity (Wildman–Crippen MR) is 86.2 cm³/mol. The summed E-state index contributed by atoms with van der Waals surface area (Å²) in [6.07, 6.45) is 6.87. The third-order valence-electron chi connectivity index (χ3n) is 4.54. The van der Waals surface area contributed by atoms with Crippen LogP contribution in [-0.2, 0) is 4.79 Å². The molecule has 1 aliphatic carbocycles. The van der Waals surface area contributed by atoms with Gasteiger partial charge in [-0.3, -0.25) is 9.59 Å². The van der Waals surface area contributed by atoms with E-state index in [9.17, 15) is 9.59 Å². The van der Waals surface area contributed by atoms with Crippen LogP contribution in [0.2, 0.25) is 0 Å². The number of hydrogen-bond donors (Lipinski definition) is 0. The van der Waals surface area contributed by atoms with Crippen molar-refractivity contribution in [1.82, 2.24) is 14.4 Å². The summed E-state index contributed by atoms with van der Waals surface area (Å²) >= 11 is 1.58. The number of hydrogen-bond acceptors (Lipinski definition) is 3. The van der Waals surface area contributed by atoms with Gasteiger partial charge in [0.1, 0.15) is 0 Å². The third-order valence-corrected chi connectivity index (χ3v) is 5.61. The van der Waals surface area contributed by atoms with Crippen molar-refractivity contribution in [3.63, 3.8) is 0 Å². The van der Waals surface area contributed by atoms with Crippen molar-refractivity contribution >= 4 is 33.2 Å². The smallest absolute Gasteiger partial charge is 0.264 e. The van der Waals surface area contributed by atoms with E-state index >= 15 is 0 Å². The minimum Gasteiger partial charge on any atom is -0.349 e. The Labute approximate surface area is 133 Å². The number of amides is 2. The highest BCUT2D eigenvalue weighted by atomic mass is 32.1. The van der Waals surface area contributed by atoms with E-state index in [0.29, 0.717) is 32.2 Å². The standard InChI is InChI=1S/C16H19N3O2S/c1-11(20)17-4-6-18(7-5-17)16(21)14-8-12-9-19(13-2-3-13)10-15(12)22-14/h8-10,13H,2-7H2,1H3. The van der Waals surface area contributed by atoms with Crippen LogP contribution >= 0.6 is 11.3 Å². The Balaban J connectivity index is 1.48. The molecule has 2 amide bonds. The van der Waals surface area contributed by atoms with Crippen LogP contribution < -0.4 is 0 Å². The van der Waals surface area contributed by atoms with Crippen LogP contribution in [-0.4, -0.2) is 52.4 Å². The lowest BCUT2D eigenvalue weighted by Crippen LogP contribution is -2.49. The summed E-state index contributed by atoms with van der Waals surface area (Å²) < 4.78 is 3.47. The van der Waals surface area contributed by atoms with Crippen LogP contribution in [0.4, 0.5) is 0 Å². The molecule has 0 N–H and O–H groups in total. The van der Waals surface area contributed by atoms with Crippen LogP contribution in [0.1, 0.15) is 35.5 Å². The molecular formula is C16H19N3O2S. The van der Waals surface area contributed by atoms with Gasteiger partial charge >= 0.3 is 0 Å². The fraction of sp³-hybridized carbons (Fsp3) is 0.500.